The molecule has 4 fully saturated rings. The first kappa shape index (κ1) is 30.7. The Morgan fingerprint density at radius 3 is 1.40 bits per heavy atom. The van der Waals surface area contributed by atoms with Crippen LogP contribution in [0.15, 0.2) is 16.7 Å². The van der Waals surface area contributed by atoms with E-state index in [-0.39, 0.29) is 39.7 Å². The van der Waals surface area contributed by atoms with Crippen LogP contribution >= 0.6 is 24.8 Å². The Morgan fingerprint density at radius 2 is 1.24 bits per heavy atom. The minimum absolute atomic E-state index is 0. The van der Waals surface area contributed by atoms with Crippen molar-refractivity contribution in [3.8, 4) is 0 Å². The topological polar surface area (TPSA) is 0 Å². The molecule has 5 aliphatic rings. The van der Waals surface area contributed by atoms with E-state index in [1.165, 1.54) is 36.0 Å². The average Bonchev–Trinajstić information content (AvgIpc) is 2.67. The van der Waals surface area contributed by atoms with Gasteiger partial charge in [-0.15, -0.1) is 31.7 Å². The molecule has 0 amide bonds. The van der Waals surface area contributed by atoms with Gasteiger partial charge in [0, 0.05) is 0 Å². The predicted octanol–water partition coefficient (Wildman–Crippen LogP) is 6.34. The average molecular weight is 437 g/mol. The Morgan fingerprint density at radius 1 is 0.880 bits per heavy atom. The summed E-state index contributed by atoms with van der Waals surface area (Å²) in [4.78, 5) is 0. The van der Waals surface area contributed by atoms with Crippen molar-refractivity contribution in [1.82, 2.24) is 0 Å². The van der Waals surface area contributed by atoms with E-state index in [1.807, 2.05) is 32.7 Å². The number of hydrogen-bond acceptors (Lipinski definition) is 0. The van der Waals surface area contributed by atoms with Crippen molar-refractivity contribution in [3.63, 3.8) is 0 Å². The van der Waals surface area contributed by atoms with Crippen molar-refractivity contribution in [2.24, 2.45) is 23.7 Å². The van der Waals surface area contributed by atoms with Gasteiger partial charge in [0.1, 0.15) is 0 Å². The van der Waals surface area contributed by atoms with E-state index in [9.17, 15) is 0 Å². The van der Waals surface area contributed by atoms with Gasteiger partial charge in [0.25, 0.3) is 0 Å². The van der Waals surface area contributed by atoms with Crippen molar-refractivity contribution in [3.05, 3.63) is 43.6 Å². The van der Waals surface area contributed by atoms with Gasteiger partial charge in [-0.3, -0.25) is 6.08 Å². The van der Waals surface area contributed by atoms with Crippen LogP contribution in [0.2, 0.25) is 0 Å². The third kappa shape index (κ3) is 7.86. The number of hydrogen-bond donors (Lipinski definition) is 0. The third-order valence-electron chi connectivity index (χ3n) is 5.97. The van der Waals surface area contributed by atoms with Gasteiger partial charge in [-0.2, -0.15) is 30.4 Å². The van der Waals surface area contributed by atoms with Crippen LogP contribution in [-0.4, -0.2) is 7.63 Å². The summed E-state index contributed by atoms with van der Waals surface area (Å²) >= 11 is 2.03. The number of allylic oxidation sites excluding steroid dienone is 4. The normalized spacial score (nSPS) is 30.8. The summed E-state index contributed by atoms with van der Waals surface area (Å²) in [6.45, 7) is 8.67. The summed E-state index contributed by atoms with van der Waals surface area (Å²) in [6.07, 6.45) is 12.7. The Balaban J connectivity index is -0.000000309. The fraction of sp³-hybridized carbons (Fsp3) is 0.667. The van der Waals surface area contributed by atoms with Crippen molar-refractivity contribution in [2.75, 3.05) is 0 Å². The molecule has 148 valence electrons. The Labute approximate surface area is 184 Å². The summed E-state index contributed by atoms with van der Waals surface area (Å²) in [5, 5.41) is 0. The molecule has 0 aromatic rings. The second-order valence-corrected chi connectivity index (χ2v) is 7.47. The van der Waals surface area contributed by atoms with E-state index >= 15 is 0 Å². The summed E-state index contributed by atoms with van der Waals surface area (Å²) in [6, 6.07) is 0. The van der Waals surface area contributed by atoms with Crippen LogP contribution in [0.3, 0.4) is 0 Å². The first-order chi connectivity index (χ1) is 10.0. The molecule has 0 heterocycles. The first-order valence-corrected chi connectivity index (χ1v) is 12.5. The van der Waals surface area contributed by atoms with Crippen LogP contribution in [0.1, 0.15) is 66.2 Å². The van der Waals surface area contributed by atoms with Gasteiger partial charge in [-0.25, -0.2) is 5.57 Å². The van der Waals surface area contributed by atoms with Gasteiger partial charge in [0.2, 0.25) is 0 Å². The van der Waals surface area contributed by atoms with Crippen LogP contribution in [0.5, 0.6) is 0 Å². The molecular formula is C21H38Cl2SiTi-4. The van der Waals surface area contributed by atoms with Gasteiger partial charge in [0.05, 0.1) is 0 Å². The van der Waals surface area contributed by atoms with Gasteiger partial charge in [-0.1, -0.05) is 63.7 Å². The fourth-order valence-electron chi connectivity index (χ4n) is 4.84. The third-order valence-corrected chi connectivity index (χ3v) is 5.97. The van der Waals surface area contributed by atoms with Crippen molar-refractivity contribution < 1.29 is 19.2 Å². The Bertz CT molecular complexity index is 389. The van der Waals surface area contributed by atoms with Crippen molar-refractivity contribution in [2.45, 2.75) is 66.2 Å². The first-order valence-electron chi connectivity index (χ1n) is 8.49. The molecule has 0 spiro atoms. The van der Waals surface area contributed by atoms with Gasteiger partial charge < -0.3 is 20.8 Å². The Hall–Kier alpha value is 0.991. The summed E-state index contributed by atoms with van der Waals surface area (Å²) < 4.78 is 0. The summed E-state index contributed by atoms with van der Waals surface area (Å²) in [5.41, 5.74) is 4.25. The van der Waals surface area contributed by atoms with E-state index in [0.717, 1.165) is 17.8 Å². The van der Waals surface area contributed by atoms with Crippen molar-refractivity contribution in [1.29, 1.82) is 0 Å². The van der Waals surface area contributed by atoms with Crippen LogP contribution in [0, 0.1) is 50.5 Å². The molecule has 0 aromatic heterocycles. The van der Waals surface area contributed by atoms with E-state index in [0.29, 0.717) is 5.92 Å². The quantitative estimate of drug-likeness (QED) is 0.307. The maximum absolute atomic E-state index is 3.36. The summed E-state index contributed by atoms with van der Waals surface area (Å²) in [7, 11) is 1.86. The number of halogens is 2. The maximum atomic E-state index is 3.36. The molecule has 5 rings (SSSR count). The number of rotatable bonds is 0. The standard InChI is InChI=1S/C10H15.C9H13.2CH3.2ClH.H2Si.Ti/c1-7-2-9-4-8(1)5-10(3-7)6-9;1-6-5-7(2)9(4)8(6)3;;;;;;/h7-9H,1-6H2;6H,1-4H3;2*1H3;2*1H;1H2;/q4*-1;;;;. The van der Waals surface area contributed by atoms with Crippen molar-refractivity contribution >= 4 is 32.4 Å². The van der Waals surface area contributed by atoms with E-state index in [1.54, 1.807) is 19.3 Å². The zero-order valence-corrected chi connectivity index (χ0v) is 21.7. The molecule has 0 aliphatic heterocycles. The molecule has 4 saturated carbocycles. The molecule has 4 heteroatoms. The van der Waals surface area contributed by atoms with Crippen LogP contribution < -0.4 is 0 Å². The molecular weight excluding hydrogens is 399 g/mol. The molecule has 0 nitrogen and oxygen atoms in total. The zero-order valence-electron chi connectivity index (χ0n) is 17.1. The molecule has 1 atom stereocenters. The molecule has 5 aliphatic carbocycles. The summed E-state index contributed by atoms with van der Waals surface area (Å²) in [5.74, 6) is 5.91. The zero-order chi connectivity index (χ0) is 15.6. The fourth-order valence-corrected chi connectivity index (χ4v) is 4.84. The van der Waals surface area contributed by atoms with Crippen LogP contribution in [0.4, 0.5) is 0 Å². The molecule has 25 heavy (non-hydrogen) atoms. The van der Waals surface area contributed by atoms with Crippen LogP contribution in [0.25, 0.3) is 0 Å². The predicted molar refractivity (Wildman–Crippen MR) is 117 cm³/mol. The van der Waals surface area contributed by atoms with E-state index in [2.05, 4.69) is 33.8 Å². The van der Waals surface area contributed by atoms with E-state index < -0.39 is 0 Å². The molecule has 0 radical (unpaired) electrons. The van der Waals surface area contributed by atoms with Crippen LogP contribution in [-0.2, 0) is 19.2 Å². The molecule has 1 unspecified atom stereocenters. The second-order valence-electron chi connectivity index (χ2n) is 7.47. The Kier molecular flexibility index (Phi) is 17.3. The minimum atomic E-state index is 0. The van der Waals surface area contributed by atoms with Gasteiger partial charge in [0.15, 0.2) is 0 Å². The van der Waals surface area contributed by atoms with E-state index in [4.69, 9.17) is 0 Å². The monoisotopic (exact) mass is 436 g/mol. The van der Waals surface area contributed by atoms with Gasteiger partial charge >= 0.3 is 26.8 Å². The molecule has 0 saturated heterocycles. The second kappa shape index (κ2) is 14.1. The molecule has 0 N–H and O–H groups in total. The van der Waals surface area contributed by atoms with Gasteiger partial charge in [-0.05, 0) is 0 Å². The molecule has 0 aromatic carbocycles. The molecule has 4 bridgehead atoms. The SMILES string of the molecule is C1[C-]2CC3CC1CC(C2)C3.CC1=[C-]C(C)C(C)=C1C.Cl.Cl.[CH3-].[CH3-].[SiH2]=[Ti].